The molecule has 0 saturated carbocycles. The van der Waals surface area contributed by atoms with Crippen molar-refractivity contribution >= 4 is 5.97 Å². The Labute approximate surface area is 147 Å². The third kappa shape index (κ3) is 3.58. The van der Waals surface area contributed by atoms with E-state index in [0.29, 0.717) is 29.4 Å². The van der Waals surface area contributed by atoms with Gasteiger partial charge in [0.1, 0.15) is 5.56 Å². The third-order valence-corrected chi connectivity index (χ3v) is 3.89. The van der Waals surface area contributed by atoms with Crippen molar-refractivity contribution in [3.05, 3.63) is 71.4 Å². The third-order valence-electron chi connectivity index (χ3n) is 3.89. The van der Waals surface area contributed by atoms with Crippen LogP contribution < -0.4 is 0 Å². The number of hydrogen-bond acceptors (Lipinski definition) is 4. The zero-order valence-electron chi connectivity index (χ0n) is 14.6. The van der Waals surface area contributed by atoms with Gasteiger partial charge in [-0.25, -0.2) is 14.8 Å². The summed E-state index contributed by atoms with van der Waals surface area (Å²) in [5.74, 6) is 0.211. The van der Waals surface area contributed by atoms with Gasteiger partial charge in [-0.2, -0.15) is 0 Å². The first kappa shape index (κ1) is 16.8. The van der Waals surface area contributed by atoms with Crippen LogP contribution in [-0.2, 0) is 4.74 Å². The predicted octanol–water partition coefficient (Wildman–Crippen LogP) is 4.60. The molecule has 1 aromatic heterocycles. The molecule has 0 bridgehead atoms. The molecule has 0 unspecified atom stereocenters. The van der Waals surface area contributed by atoms with Crippen LogP contribution in [0.4, 0.5) is 0 Å². The first-order valence-electron chi connectivity index (χ1n) is 8.28. The lowest BCUT2D eigenvalue weighted by atomic mass is 10.0. The number of nitrogens with zero attached hydrogens (tertiary/aromatic N) is 2. The normalized spacial score (nSPS) is 10.5. The van der Waals surface area contributed by atoms with Crippen LogP contribution >= 0.6 is 0 Å². The molecule has 0 aliphatic rings. The number of ether oxygens (including phenoxy) is 1. The Hall–Kier alpha value is -3.01. The van der Waals surface area contributed by atoms with Crippen LogP contribution in [0.1, 0.15) is 28.5 Å². The average molecular weight is 332 g/mol. The molecular formula is C21H20N2O2. The summed E-state index contributed by atoms with van der Waals surface area (Å²) in [6.45, 7) is 5.95. The summed E-state index contributed by atoms with van der Waals surface area (Å²) < 4.78 is 5.22. The van der Waals surface area contributed by atoms with Crippen molar-refractivity contribution in [1.82, 2.24) is 9.97 Å². The van der Waals surface area contributed by atoms with Gasteiger partial charge in [-0.15, -0.1) is 0 Å². The molecule has 0 saturated heterocycles. The fourth-order valence-corrected chi connectivity index (χ4v) is 2.74. The van der Waals surface area contributed by atoms with Gasteiger partial charge in [0.15, 0.2) is 5.82 Å². The summed E-state index contributed by atoms with van der Waals surface area (Å²) in [6, 6.07) is 17.7. The van der Waals surface area contributed by atoms with Gasteiger partial charge in [-0.1, -0.05) is 54.1 Å². The van der Waals surface area contributed by atoms with E-state index in [0.717, 1.165) is 16.7 Å². The number of carbonyl (C=O) groups excluding carboxylic acids is 1. The highest BCUT2D eigenvalue weighted by molar-refractivity contribution is 5.97. The number of rotatable bonds is 4. The second kappa shape index (κ2) is 7.26. The molecule has 0 N–H and O–H groups in total. The zero-order chi connectivity index (χ0) is 17.8. The van der Waals surface area contributed by atoms with Crippen molar-refractivity contribution in [2.24, 2.45) is 0 Å². The van der Waals surface area contributed by atoms with Gasteiger partial charge in [0.25, 0.3) is 0 Å². The Morgan fingerprint density at radius 3 is 2.36 bits per heavy atom. The lowest BCUT2D eigenvalue weighted by Crippen LogP contribution is -2.12. The monoisotopic (exact) mass is 332 g/mol. The molecule has 0 radical (unpaired) electrons. The molecule has 4 heteroatoms. The van der Waals surface area contributed by atoms with Gasteiger partial charge < -0.3 is 4.74 Å². The molecule has 126 valence electrons. The van der Waals surface area contributed by atoms with Gasteiger partial charge in [0.05, 0.1) is 18.0 Å². The quantitative estimate of drug-likeness (QED) is 0.655. The summed E-state index contributed by atoms with van der Waals surface area (Å²) in [5, 5.41) is 0. The van der Waals surface area contributed by atoms with E-state index in [1.165, 1.54) is 0 Å². The van der Waals surface area contributed by atoms with E-state index < -0.39 is 5.97 Å². The van der Waals surface area contributed by atoms with Crippen LogP contribution in [0, 0.1) is 13.8 Å². The van der Waals surface area contributed by atoms with Crippen LogP contribution in [0.2, 0.25) is 0 Å². The van der Waals surface area contributed by atoms with Crippen LogP contribution in [0.3, 0.4) is 0 Å². The lowest BCUT2D eigenvalue weighted by Gasteiger charge is -2.13. The predicted molar refractivity (Wildman–Crippen MR) is 98.3 cm³/mol. The molecule has 0 spiro atoms. The van der Waals surface area contributed by atoms with E-state index in [1.54, 1.807) is 6.92 Å². The van der Waals surface area contributed by atoms with Gasteiger partial charge >= 0.3 is 5.97 Å². The number of hydrogen-bond donors (Lipinski definition) is 0. The number of aryl methyl sites for hydroxylation is 2. The minimum Gasteiger partial charge on any atom is -0.462 e. The van der Waals surface area contributed by atoms with Crippen LogP contribution in [-0.4, -0.2) is 22.5 Å². The van der Waals surface area contributed by atoms with E-state index in [2.05, 4.69) is 4.98 Å². The Morgan fingerprint density at radius 2 is 1.68 bits per heavy atom. The molecule has 0 atom stereocenters. The number of benzene rings is 2. The largest absolute Gasteiger partial charge is 0.462 e. The number of aromatic nitrogens is 2. The smallest absolute Gasteiger partial charge is 0.342 e. The maximum absolute atomic E-state index is 12.5. The standard InChI is InChI=1S/C21H20N2O2/c1-4-25-21(24)18-15(3)22-20(17-12-8-9-14(2)13-17)23-19(18)16-10-6-5-7-11-16/h5-13H,4H2,1-3H3. The highest BCUT2D eigenvalue weighted by Crippen LogP contribution is 2.27. The van der Waals surface area contributed by atoms with Crippen molar-refractivity contribution < 1.29 is 9.53 Å². The maximum atomic E-state index is 12.5. The SMILES string of the molecule is CCOC(=O)c1c(C)nc(-c2cccc(C)c2)nc1-c1ccccc1. The average Bonchev–Trinajstić information content (AvgIpc) is 2.62. The Bertz CT molecular complexity index is 905. The molecule has 1 heterocycles. The Kier molecular flexibility index (Phi) is 4.89. The molecule has 3 rings (SSSR count). The molecule has 4 nitrogen and oxygen atoms in total. The Balaban J connectivity index is 2.22. The maximum Gasteiger partial charge on any atom is 0.342 e. The second-order valence-corrected chi connectivity index (χ2v) is 5.81. The molecule has 2 aromatic carbocycles. The molecular weight excluding hydrogens is 312 g/mol. The minimum absolute atomic E-state index is 0.312. The van der Waals surface area contributed by atoms with Crippen molar-refractivity contribution in [2.75, 3.05) is 6.61 Å². The minimum atomic E-state index is -0.394. The molecule has 0 amide bonds. The van der Waals surface area contributed by atoms with Crippen molar-refractivity contribution in [1.29, 1.82) is 0 Å². The van der Waals surface area contributed by atoms with Gasteiger partial charge in [0, 0.05) is 11.1 Å². The number of esters is 1. The Morgan fingerprint density at radius 1 is 0.960 bits per heavy atom. The van der Waals surface area contributed by atoms with Crippen LogP contribution in [0.15, 0.2) is 54.6 Å². The van der Waals surface area contributed by atoms with E-state index in [4.69, 9.17) is 9.72 Å². The first-order valence-corrected chi connectivity index (χ1v) is 8.28. The summed E-state index contributed by atoms with van der Waals surface area (Å²) in [7, 11) is 0. The number of carbonyl (C=O) groups is 1. The topological polar surface area (TPSA) is 52.1 Å². The molecule has 0 fully saturated rings. The van der Waals surface area contributed by atoms with Crippen LogP contribution in [0.5, 0.6) is 0 Å². The zero-order valence-corrected chi connectivity index (χ0v) is 14.6. The van der Waals surface area contributed by atoms with Gasteiger partial charge in [-0.3, -0.25) is 0 Å². The van der Waals surface area contributed by atoms with E-state index >= 15 is 0 Å². The summed E-state index contributed by atoms with van der Waals surface area (Å²) >= 11 is 0. The fraction of sp³-hybridized carbons (Fsp3) is 0.190. The fourth-order valence-electron chi connectivity index (χ4n) is 2.74. The van der Waals surface area contributed by atoms with Crippen molar-refractivity contribution in [3.8, 4) is 22.6 Å². The molecule has 3 aromatic rings. The van der Waals surface area contributed by atoms with E-state index in [-0.39, 0.29) is 0 Å². The van der Waals surface area contributed by atoms with Gasteiger partial charge in [-0.05, 0) is 26.8 Å². The van der Waals surface area contributed by atoms with E-state index in [1.807, 2.05) is 68.4 Å². The summed E-state index contributed by atoms with van der Waals surface area (Å²) in [6.07, 6.45) is 0. The van der Waals surface area contributed by atoms with Gasteiger partial charge in [0.2, 0.25) is 0 Å². The lowest BCUT2D eigenvalue weighted by molar-refractivity contribution is 0.0525. The van der Waals surface area contributed by atoms with Crippen LogP contribution in [0.25, 0.3) is 22.6 Å². The molecule has 0 aliphatic carbocycles. The van der Waals surface area contributed by atoms with Crippen molar-refractivity contribution in [3.63, 3.8) is 0 Å². The highest BCUT2D eigenvalue weighted by Gasteiger charge is 2.21. The van der Waals surface area contributed by atoms with E-state index in [9.17, 15) is 4.79 Å². The summed E-state index contributed by atoms with van der Waals surface area (Å²) in [4.78, 5) is 21.7. The second-order valence-electron chi connectivity index (χ2n) is 5.81. The molecule has 0 aliphatic heterocycles. The van der Waals surface area contributed by atoms with Crippen molar-refractivity contribution in [2.45, 2.75) is 20.8 Å². The summed E-state index contributed by atoms with van der Waals surface area (Å²) in [5.41, 5.74) is 4.56. The molecule has 25 heavy (non-hydrogen) atoms. The first-order chi connectivity index (χ1) is 12.1. The highest BCUT2D eigenvalue weighted by atomic mass is 16.5.